The molecule has 0 radical (unpaired) electrons. The molecule has 0 N–H and O–H groups in total. The number of hydrogen-bond donors (Lipinski definition) is 0. The molecule has 0 aliphatic carbocycles. The number of rotatable bonds is 2. The van der Waals surface area contributed by atoms with Crippen LogP contribution in [0.5, 0.6) is 0 Å². The second-order valence-electron chi connectivity index (χ2n) is 3.18. The van der Waals surface area contributed by atoms with E-state index in [1.54, 1.807) is 0 Å². The molecule has 4 heteroatoms. The lowest BCUT2D eigenvalue weighted by Crippen LogP contribution is -2.41. The van der Waals surface area contributed by atoms with Crippen LogP contribution in [0, 0.1) is 5.92 Å². The van der Waals surface area contributed by atoms with Gasteiger partial charge in [0.1, 0.15) is 6.10 Å². The Morgan fingerprint density at radius 1 is 1.54 bits per heavy atom. The van der Waals surface area contributed by atoms with Crippen molar-refractivity contribution in [3.05, 3.63) is 0 Å². The first kappa shape index (κ1) is 9.89. The van der Waals surface area contributed by atoms with Crippen LogP contribution >= 0.6 is 0 Å². The van der Waals surface area contributed by atoms with Crippen LogP contribution < -0.4 is 0 Å². The Hall–Kier alpha value is -1.19. The minimum atomic E-state index is -1.16. The first-order chi connectivity index (χ1) is 6.06. The molecule has 13 heavy (non-hydrogen) atoms. The maximum absolute atomic E-state index is 11.3. The molecule has 0 spiro atoms. The fraction of sp³-hybridized carbons (Fsp3) is 0.667. The number of ketones is 2. The van der Waals surface area contributed by atoms with Crippen LogP contribution in [0.4, 0.5) is 0 Å². The number of carbonyl (C=O) groups is 3. The van der Waals surface area contributed by atoms with E-state index in [2.05, 4.69) is 0 Å². The van der Waals surface area contributed by atoms with Crippen molar-refractivity contribution >= 4 is 17.5 Å². The van der Waals surface area contributed by atoms with E-state index in [-0.39, 0.29) is 18.3 Å². The van der Waals surface area contributed by atoms with E-state index in [0.29, 0.717) is 6.42 Å². The van der Waals surface area contributed by atoms with Gasteiger partial charge in [-0.05, 0) is 13.3 Å². The van der Waals surface area contributed by atoms with Gasteiger partial charge in [0.15, 0.2) is 17.5 Å². The zero-order valence-electron chi connectivity index (χ0n) is 7.70. The molecule has 72 valence electrons. The Kier molecular flexibility index (Phi) is 2.80. The summed E-state index contributed by atoms with van der Waals surface area (Å²) in [4.78, 5) is 33.3. The number of ether oxygens (including phenoxy) is 1. The number of hydrogen-bond acceptors (Lipinski definition) is 4. The summed E-state index contributed by atoms with van der Waals surface area (Å²) in [6.07, 6.45) is 0.449. The first-order valence-electron chi connectivity index (χ1n) is 4.30. The zero-order chi connectivity index (χ0) is 10.0. The van der Waals surface area contributed by atoms with E-state index < -0.39 is 17.7 Å². The molecule has 2 atom stereocenters. The Morgan fingerprint density at radius 2 is 2.15 bits per heavy atom. The highest BCUT2D eigenvalue weighted by Gasteiger charge is 2.39. The third kappa shape index (κ3) is 1.94. The lowest BCUT2D eigenvalue weighted by Gasteiger charge is -2.24. The van der Waals surface area contributed by atoms with Gasteiger partial charge in [-0.1, -0.05) is 6.92 Å². The quantitative estimate of drug-likeness (QED) is 0.462. The van der Waals surface area contributed by atoms with Gasteiger partial charge in [0.25, 0.3) is 0 Å². The normalized spacial score (nSPS) is 28.5. The van der Waals surface area contributed by atoms with Gasteiger partial charge < -0.3 is 4.74 Å². The minimum Gasteiger partial charge on any atom is -0.461 e. The van der Waals surface area contributed by atoms with Crippen LogP contribution in [0.15, 0.2) is 0 Å². The molecular formula is C9H12O4. The summed E-state index contributed by atoms with van der Waals surface area (Å²) in [5.74, 6) is -2.58. The van der Waals surface area contributed by atoms with E-state index >= 15 is 0 Å². The molecule has 1 fully saturated rings. The molecule has 1 heterocycles. The maximum atomic E-state index is 11.3. The smallest absolute Gasteiger partial charge is 0.324 e. The first-order valence-corrected chi connectivity index (χ1v) is 4.30. The maximum Gasteiger partial charge on any atom is 0.324 e. The SMILES string of the molecule is CCC1CC(=O)C(C(C)=O)C(=O)O1. The van der Waals surface area contributed by atoms with Crippen molar-refractivity contribution < 1.29 is 19.1 Å². The molecule has 0 aromatic carbocycles. The number of cyclic esters (lactones) is 1. The van der Waals surface area contributed by atoms with E-state index in [1.165, 1.54) is 6.92 Å². The van der Waals surface area contributed by atoms with E-state index in [0.717, 1.165) is 0 Å². The van der Waals surface area contributed by atoms with Crippen LogP contribution in [0.25, 0.3) is 0 Å². The van der Waals surface area contributed by atoms with Crippen molar-refractivity contribution in [3.8, 4) is 0 Å². The Labute approximate surface area is 76.3 Å². The molecule has 2 unspecified atom stereocenters. The van der Waals surface area contributed by atoms with Gasteiger partial charge in [-0.25, -0.2) is 0 Å². The highest BCUT2D eigenvalue weighted by Crippen LogP contribution is 2.19. The van der Waals surface area contributed by atoms with Gasteiger partial charge >= 0.3 is 5.97 Å². The molecule has 1 rings (SSSR count). The summed E-state index contributed by atoms with van der Waals surface area (Å²) < 4.78 is 4.90. The Morgan fingerprint density at radius 3 is 2.54 bits per heavy atom. The molecule has 0 aromatic rings. The highest BCUT2D eigenvalue weighted by atomic mass is 16.5. The van der Waals surface area contributed by atoms with Gasteiger partial charge in [-0.3, -0.25) is 14.4 Å². The number of esters is 1. The van der Waals surface area contributed by atoms with Crippen LogP contribution in [-0.2, 0) is 19.1 Å². The molecule has 0 saturated carbocycles. The second kappa shape index (κ2) is 3.68. The van der Waals surface area contributed by atoms with Crippen molar-refractivity contribution in [3.63, 3.8) is 0 Å². The Bertz CT molecular complexity index is 238. The fourth-order valence-electron chi connectivity index (χ4n) is 1.37. The van der Waals surface area contributed by atoms with Crippen LogP contribution in [0.3, 0.4) is 0 Å². The number of carbonyl (C=O) groups excluding carboxylic acids is 3. The summed E-state index contributed by atoms with van der Waals surface area (Å²) in [6.45, 7) is 3.06. The van der Waals surface area contributed by atoms with Crippen molar-refractivity contribution in [1.82, 2.24) is 0 Å². The lowest BCUT2D eigenvalue weighted by atomic mass is 9.92. The third-order valence-electron chi connectivity index (χ3n) is 2.13. The monoisotopic (exact) mass is 184 g/mol. The fourth-order valence-corrected chi connectivity index (χ4v) is 1.37. The molecule has 1 saturated heterocycles. The molecule has 1 aliphatic heterocycles. The van der Waals surface area contributed by atoms with E-state index in [1.807, 2.05) is 6.92 Å². The summed E-state index contributed by atoms with van der Waals surface area (Å²) in [5.41, 5.74) is 0. The Balaban J connectivity index is 2.76. The minimum absolute atomic E-state index is 0.173. The lowest BCUT2D eigenvalue weighted by molar-refractivity contribution is -0.166. The van der Waals surface area contributed by atoms with Crippen LogP contribution in [0.2, 0.25) is 0 Å². The van der Waals surface area contributed by atoms with Gasteiger partial charge in [-0.15, -0.1) is 0 Å². The predicted octanol–water partition coefficient (Wildman–Crippen LogP) is 0.486. The predicted molar refractivity (Wildman–Crippen MR) is 44.0 cm³/mol. The standard InChI is InChI=1S/C9H12O4/c1-3-6-4-7(11)8(5(2)10)9(12)13-6/h6,8H,3-4H2,1-2H3. The zero-order valence-corrected chi connectivity index (χ0v) is 7.70. The van der Waals surface area contributed by atoms with Crippen molar-refractivity contribution in [2.45, 2.75) is 32.8 Å². The summed E-state index contributed by atoms with van der Waals surface area (Å²) in [6, 6.07) is 0. The molecule has 0 amide bonds. The molecule has 4 nitrogen and oxygen atoms in total. The van der Waals surface area contributed by atoms with E-state index in [9.17, 15) is 14.4 Å². The molecular weight excluding hydrogens is 172 g/mol. The van der Waals surface area contributed by atoms with Gasteiger partial charge in [0.2, 0.25) is 0 Å². The number of Topliss-reactive ketones (excluding diaryl/α,β-unsaturated/α-hetero) is 2. The van der Waals surface area contributed by atoms with Gasteiger partial charge in [0.05, 0.1) is 0 Å². The third-order valence-corrected chi connectivity index (χ3v) is 2.13. The highest BCUT2D eigenvalue weighted by molar-refractivity contribution is 6.17. The second-order valence-corrected chi connectivity index (χ2v) is 3.18. The van der Waals surface area contributed by atoms with Crippen molar-refractivity contribution in [2.75, 3.05) is 0 Å². The van der Waals surface area contributed by atoms with Crippen molar-refractivity contribution in [2.24, 2.45) is 5.92 Å². The molecule has 0 aromatic heterocycles. The molecule has 0 bridgehead atoms. The summed E-state index contributed by atoms with van der Waals surface area (Å²) in [7, 11) is 0. The van der Waals surface area contributed by atoms with Crippen LogP contribution in [0.1, 0.15) is 26.7 Å². The summed E-state index contributed by atoms with van der Waals surface area (Å²) in [5, 5.41) is 0. The molecule has 1 aliphatic rings. The van der Waals surface area contributed by atoms with E-state index in [4.69, 9.17) is 4.74 Å². The average molecular weight is 184 g/mol. The largest absolute Gasteiger partial charge is 0.461 e. The summed E-state index contributed by atoms with van der Waals surface area (Å²) >= 11 is 0. The van der Waals surface area contributed by atoms with Crippen LogP contribution in [-0.4, -0.2) is 23.6 Å². The topological polar surface area (TPSA) is 60.4 Å². The van der Waals surface area contributed by atoms with Gasteiger partial charge in [0, 0.05) is 6.42 Å². The van der Waals surface area contributed by atoms with Crippen molar-refractivity contribution in [1.29, 1.82) is 0 Å². The average Bonchev–Trinajstić information content (AvgIpc) is 2.02. The van der Waals surface area contributed by atoms with Gasteiger partial charge in [-0.2, -0.15) is 0 Å².